The Morgan fingerprint density at radius 1 is 0.944 bits per heavy atom. The highest BCUT2D eigenvalue weighted by molar-refractivity contribution is 5.82. The summed E-state index contributed by atoms with van der Waals surface area (Å²) in [7, 11) is 0. The first-order chi connectivity index (χ1) is 17.0. The number of hydrogen-bond donors (Lipinski definition) is 2. The summed E-state index contributed by atoms with van der Waals surface area (Å²) in [5.41, 5.74) is 7.89. The molecule has 3 aromatic carbocycles. The molecule has 0 radical (unpaired) electrons. The van der Waals surface area contributed by atoms with Gasteiger partial charge in [0.25, 0.3) is 0 Å². The number of amides is 1. The number of alkyl halides is 3. The lowest BCUT2D eigenvalue weighted by Crippen LogP contribution is -2.41. The number of benzene rings is 3. The van der Waals surface area contributed by atoms with Gasteiger partial charge >= 0.3 is 6.18 Å². The van der Waals surface area contributed by atoms with Gasteiger partial charge in [-0.25, -0.2) is 5.84 Å². The molecule has 0 heterocycles. The second-order valence-electron chi connectivity index (χ2n) is 9.01. The van der Waals surface area contributed by atoms with Crippen molar-refractivity contribution in [2.45, 2.75) is 50.9 Å². The fourth-order valence-electron chi connectivity index (χ4n) is 3.97. The molecule has 0 bridgehead atoms. The molecule has 1 amide bonds. The Kier molecular flexibility index (Phi) is 9.12. The fourth-order valence-corrected chi connectivity index (χ4v) is 3.97. The molecule has 0 saturated heterocycles. The maximum Gasteiger partial charge on any atom is 0.416 e. The summed E-state index contributed by atoms with van der Waals surface area (Å²) in [4.78, 5) is 13.0. The van der Waals surface area contributed by atoms with Gasteiger partial charge in [0, 0.05) is 19.0 Å². The van der Waals surface area contributed by atoms with Gasteiger partial charge in [-0.1, -0.05) is 54.6 Å². The normalized spacial score (nSPS) is 14.1. The van der Waals surface area contributed by atoms with E-state index in [1.165, 1.54) is 17.1 Å². The van der Waals surface area contributed by atoms with Crippen LogP contribution in [0.25, 0.3) is 0 Å². The molecule has 8 heteroatoms. The van der Waals surface area contributed by atoms with E-state index in [1.807, 2.05) is 61.5 Å². The zero-order chi connectivity index (χ0) is 26.3. The Morgan fingerprint density at radius 2 is 1.58 bits per heavy atom. The van der Waals surface area contributed by atoms with Crippen LogP contribution in [0.3, 0.4) is 0 Å². The third-order valence-corrected chi connectivity index (χ3v) is 5.93. The number of hydrazine groups is 1. The minimum Gasteiger partial charge on any atom is -0.486 e. The van der Waals surface area contributed by atoms with E-state index in [9.17, 15) is 18.0 Å². The first kappa shape index (κ1) is 27.2. The lowest BCUT2D eigenvalue weighted by Gasteiger charge is -2.25. The number of rotatable bonds is 10. The van der Waals surface area contributed by atoms with Gasteiger partial charge in [-0.15, -0.1) is 0 Å². The van der Waals surface area contributed by atoms with Crippen LogP contribution < -0.4 is 16.3 Å². The molecule has 0 saturated carbocycles. The van der Waals surface area contributed by atoms with E-state index >= 15 is 0 Å². The topological polar surface area (TPSA) is 81.6 Å². The van der Waals surface area contributed by atoms with Gasteiger partial charge in [0.15, 0.2) is 0 Å². The minimum atomic E-state index is -4.42. The molecule has 0 fully saturated rings. The minimum absolute atomic E-state index is 0.0110. The summed E-state index contributed by atoms with van der Waals surface area (Å²) in [5, 5.41) is 1.18. The van der Waals surface area contributed by atoms with Crippen molar-refractivity contribution in [3.63, 3.8) is 0 Å². The third-order valence-electron chi connectivity index (χ3n) is 5.93. The van der Waals surface area contributed by atoms with Crippen LogP contribution in [0.5, 0.6) is 5.75 Å². The molecule has 2 unspecified atom stereocenters. The first-order valence-corrected chi connectivity index (χ1v) is 11.8. The van der Waals surface area contributed by atoms with Gasteiger partial charge in [0.05, 0.1) is 11.5 Å². The highest BCUT2D eigenvalue weighted by atomic mass is 19.4. The quantitative estimate of drug-likeness (QED) is 0.216. The average molecular weight is 500 g/mol. The number of nitrogens with zero attached hydrogens (tertiary/aromatic N) is 1. The fraction of sp³-hybridized carbons (Fsp3) is 0.321. The summed E-state index contributed by atoms with van der Waals surface area (Å²) in [6.07, 6.45) is -3.87. The largest absolute Gasteiger partial charge is 0.486 e. The van der Waals surface area contributed by atoms with Gasteiger partial charge in [-0.05, 0) is 61.2 Å². The standard InChI is InChI=1S/C28H32F3N3O2/c1-19(32)17-21-7-6-10-23(18-21)20(2)27(35)34(33)16-15-26(22-8-4-3-5-9-22)36-25-13-11-24(12-14-25)28(29,30)31/h3-14,18-20,26H,15-17,32-33H2,1-2H3/t19?,20?,26-/m1/s1. The van der Waals surface area contributed by atoms with E-state index < -0.39 is 23.8 Å². The van der Waals surface area contributed by atoms with Crippen molar-refractivity contribution in [3.05, 3.63) is 101 Å². The van der Waals surface area contributed by atoms with E-state index in [1.54, 1.807) is 6.92 Å². The maximum absolute atomic E-state index is 13.0. The van der Waals surface area contributed by atoms with Crippen molar-refractivity contribution in [1.82, 2.24) is 5.01 Å². The molecule has 4 N–H and O–H groups in total. The Balaban J connectivity index is 1.69. The molecule has 0 aliphatic rings. The van der Waals surface area contributed by atoms with Crippen LogP contribution in [0, 0.1) is 0 Å². The number of nitrogens with two attached hydrogens (primary N) is 2. The van der Waals surface area contributed by atoms with E-state index in [2.05, 4.69) is 0 Å². The molecule has 5 nitrogen and oxygen atoms in total. The second kappa shape index (κ2) is 12.1. The zero-order valence-electron chi connectivity index (χ0n) is 20.4. The van der Waals surface area contributed by atoms with Crippen LogP contribution in [-0.4, -0.2) is 23.5 Å². The second-order valence-corrected chi connectivity index (χ2v) is 9.01. The van der Waals surface area contributed by atoms with Crippen molar-refractivity contribution in [2.75, 3.05) is 6.54 Å². The smallest absolute Gasteiger partial charge is 0.416 e. The maximum atomic E-state index is 13.0. The van der Waals surface area contributed by atoms with Gasteiger partial charge in [0.2, 0.25) is 5.91 Å². The average Bonchev–Trinajstić information content (AvgIpc) is 2.85. The van der Waals surface area contributed by atoms with Gasteiger partial charge in [-0.2, -0.15) is 13.2 Å². The van der Waals surface area contributed by atoms with Crippen molar-refractivity contribution >= 4 is 5.91 Å². The van der Waals surface area contributed by atoms with E-state index in [-0.39, 0.29) is 18.5 Å². The summed E-state index contributed by atoms with van der Waals surface area (Å²) >= 11 is 0. The molecule has 3 aromatic rings. The van der Waals surface area contributed by atoms with Gasteiger partial charge < -0.3 is 10.5 Å². The van der Waals surface area contributed by atoms with Crippen molar-refractivity contribution < 1.29 is 22.7 Å². The third kappa shape index (κ3) is 7.57. The Bertz CT molecular complexity index is 1120. The van der Waals surface area contributed by atoms with Crippen molar-refractivity contribution in [1.29, 1.82) is 0 Å². The van der Waals surface area contributed by atoms with Crippen LogP contribution in [0.2, 0.25) is 0 Å². The Labute approximate surface area is 209 Å². The molecule has 0 aliphatic heterocycles. The van der Waals surface area contributed by atoms with Gasteiger partial charge in [0.1, 0.15) is 11.9 Å². The first-order valence-electron chi connectivity index (χ1n) is 11.8. The monoisotopic (exact) mass is 499 g/mol. The molecule has 0 spiro atoms. The predicted octanol–water partition coefficient (Wildman–Crippen LogP) is 5.61. The number of ether oxygens (including phenoxy) is 1. The lowest BCUT2D eigenvalue weighted by molar-refractivity contribution is -0.137. The van der Waals surface area contributed by atoms with Crippen LogP contribution in [-0.2, 0) is 17.4 Å². The predicted molar refractivity (Wildman–Crippen MR) is 134 cm³/mol. The Morgan fingerprint density at radius 3 is 2.19 bits per heavy atom. The molecule has 192 valence electrons. The SMILES string of the molecule is CC(N)Cc1cccc(C(C)C(=O)N(N)CC[C@@H](Oc2ccc(C(F)(F)F)cc2)c2ccccc2)c1. The summed E-state index contributed by atoms with van der Waals surface area (Å²) in [6, 6.07) is 21.6. The molecule has 36 heavy (non-hydrogen) atoms. The summed E-state index contributed by atoms with van der Waals surface area (Å²) < 4.78 is 44.7. The molecule has 0 aliphatic carbocycles. The summed E-state index contributed by atoms with van der Waals surface area (Å²) in [6.45, 7) is 3.93. The highest BCUT2D eigenvalue weighted by Gasteiger charge is 2.30. The molecule has 0 aromatic heterocycles. The number of carbonyl (C=O) groups is 1. The highest BCUT2D eigenvalue weighted by Crippen LogP contribution is 2.32. The van der Waals surface area contributed by atoms with E-state index in [0.717, 1.165) is 28.8 Å². The number of carbonyl (C=O) groups excluding carboxylic acids is 1. The van der Waals surface area contributed by atoms with E-state index in [0.29, 0.717) is 18.6 Å². The van der Waals surface area contributed by atoms with Crippen molar-refractivity contribution in [2.24, 2.45) is 11.6 Å². The van der Waals surface area contributed by atoms with E-state index in [4.69, 9.17) is 16.3 Å². The van der Waals surface area contributed by atoms with Crippen LogP contribution in [0.1, 0.15) is 54.5 Å². The summed E-state index contributed by atoms with van der Waals surface area (Å²) in [5.74, 6) is 5.75. The zero-order valence-corrected chi connectivity index (χ0v) is 20.4. The van der Waals surface area contributed by atoms with Crippen molar-refractivity contribution in [3.8, 4) is 5.75 Å². The van der Waals surface area contributed by atoms with Crippen LogP contribution >= 0.6 is 0 Å². The molecular formula is C28H32F3N3O2. The molecule has 3 atom stereocenters. The number of halogens is 3. The van der Waals surface area contributed by atoms with Crippen LogP contribution in [0.4, 0.5) is 13.2 Å². The Hall–Kier alpha value is -3.36. The lowest BCUT2D eigenvalue weighted by atomic mass is 9.96. The molecule has 3 rings (SSSR count). The van der Waals surface area contributed by atoms with Crippen LogP contribution in [0.15, 0.2) is 78.9 Å². The number of hydrogen-bond acceptors (Lipinski definition) is 4. The molecular weight excluding hydrogens is 467 g/mol. The van der Waals surface area contributed by atoms with Gasteiger partial charge in [-0.3, -0.25) is 9.80 Å².